The van der Waals surface area contributed by atoms with Crippen LogP contribution < -0.4 is 0 Å². The SMILES string of the molecule is CC(=O)C(C(=O)c1ccccc1)C(/C=C/c1ccccc1)c1ccccc1. The largest absolute Gasteiger partial charge is 0.299 e. The van der Waals surface area contributed by atoms with Crippen molar-refractivity contribution in [2.45, 2.75) is 12.8 Å². The highest BCUT2D eigenvalue weighted by molar-refractivity contribution is 6.11. The van der Waals surface area contributed by atoms with Crippen LogP contribution in [0.15, 0.2) is 97.1 Å². The maximum atomic E-state index is 13.2. The average Bonchev–Trinajstić information content (AvgIpc) is 2.72. The van der Waals surface area contributed by atoms with Crippen LogP contribution in [0, 0.1) is 5.92 Å². The van der Waals surface area contributed by atoms with Crippen molar-refractivity contribution in [1.82, 2.24) is 0 Å². The van der Waals surface area contributed by atoms with Crippen molar-refractivity contribution in [3.8, 4) is 0 Å². The fourth-order valence-electron chi connectivity index (χ4n) is 3.25. The summed E-state index contributed by atoms with van der Waals surface area (Å²) >= 11 is 0. The van der Waals surface area contributed by atoms with E-state index in [0.717, 1.165) is 11.1 Å². The van der Waals surface area contributed by atoms with E-state index in [9.17, 15) is 9.59 Å². The molecular weight excluding hydrogens is 332 g/mol. The van der Waals surface area contributed by atoms with Gasteiger partial charge < -0.3 is 0 Å². The Bertz CT molecular complexity index is 912. The number of Topliss-reactive ketones (excluding diaryl/α,β-unsaturated/α-hetero) is 2. The van der Waals surface area contributed by atoms with Gasteiger partial charge in [-0.25, -0.2) is 0 Å². The lowest BCUT2D eigenvalue weighted by atomic mass is 9.78. The van der Waals surface area contributed by atoms with Crippen molar-refractivity contribution < 1.29 is 9.59 Å². The minimum absolute atomic E-state index is 0.129. The molecule has 0 radical (unpaired) electrons. The molecule has 0 aromatic heterocycles. The summed E-state index contributed by atoms with van der Waals surface area (Å²) in [5.41, 5.74) is 2.55. The molecule has 2 atom stereocenters. The summed E-state index contributed by atoms with van der Waals surface area (Å²) < 4.78 is 0. The van der Waals surface area contributed by atoms with Crippen molar-refractivity contribution >= 4 is 17.6 Å². The standard InChI is InChI=1S/C25H22O2/c1-19(26)24(25(27)22-15-9-4-10-16-22)23(21-13-7-3-8-14-21)18-17-20-11-5-2-6-12-20/h2-18,23-24H,1H3/b18-17+. The number of rotatable bonds is 7. The van der Waals surface area contributed by atoms with Gasteiger partial charge in [0.05, 0.1) is 5.92 Å². The van der Waals surface area contributed by atoms with Crippen LogP contribution in [-0.4, -0.2) is 11.6 Å². The van der Waals surface area contributed by atoms with Crippen LogP contribution >= 0.6 is 0 Å². The van der Waals surface area contributed by atoms with Crippen molar-refractivity contribution in [3.63, 3.8) is 0 Å². The minimum Gasteiger partial charge on any atom is -0.299 e. The highest BCUT2D eigenvalue weighted by Crippen LogP contribution is 2.31. The molecule has 3 rings (SSSR count). The number of hydrogen-bond donors (Lipinski definition) is 0. The normalized spacial score (nSPS) is 13.2. The van der Waals surface area contributed by atoms with Gasteiger partial charge in [0.15, 0.2) is 5.78 Å². The molecule has 0 saturated carbocycles. The first kappa shape index (κ1) is 18.5. The molecule has 0 fully saturated rings. The van der Waals surface area contributed by atoms with E-state index >= 15 is 0 Å². The van der Waals surface area contributed by atoms with E-state index in [-0.39, 0.29) is 17.5 Å². The van der Waals surface area contributed by atoms with Crippen LogP contribution in [0.5, 0.6) is 0 Å². The second kappa shape index (κ2) is 8.91. The number of allylic oxidation sites excluding steroid dienone is 1. The highest BCUT2D eigenvalue weighted by Gasteiger charge is 2.32. The zero-order chi connectivity index (χ0) is 19.1. The average molecular weight is 354 g/mol. The maximum Gasteiger partial charge on any atom is 0.174 e. The molecule has 27 heavy (non-hydrogen) atoms. The molecule has 3 aromatic rings. The fourth-order valence-corrected chi connectivity index (χ4v) is 3.25. The molecule has 0 aliphatic heterocycles. The molecular formula is C25H22O2. The Morgan fingerprint density at radius 2 is 1.26 bits per heavy atom. The Morgan fingerprint density at radius 3 is 1.81 bits per heavy atom. The van der Waals surface area contributed by atoms with Gasteiger partial charge in [-0.3, -0.25) is 9.59 Å². The molecule has 134 valence electrons. The molecule has 2 heteroatoms. The number of carbonyl (C=O) groups excluding carboxylic acids is 2. The van der Waals surface area contributed by atoms with Gasteiger partial charge in [-0.1, -0.05) is 103 Å². The van der Waals surface area contributed by atoms with Gasteiger partial charge in [-0.2, -0.15) is 0 Å². The monoisotopic (exact) mass is 354 g/mol. The quantitative estimate of drug-likeness (QED) is 0.410. The third-order valence-electron chi connectivity index (χ3n) is 4.62. The van der Waals surface area contributed by atoms with E-state index < -0.39 is 5.92 Å². The lowest BCUT2D eigenvalue weighted by Crippen LogP contribution is -2.28. The number of ketones is 2. The van der Waals surface area contributed by atoms with Gasteiger partial charge in [0.1, 0.15) is 5.78 Å². The maximum absolute atomic E-state index is 13.2. The van der Waals surface area contributed by atoms with Gasteiger partial charge >= 0.3 is 0 Å². The Hall–Kier alpha value is -3.26. The van der Waals surface area contributed by atoms with Crippen LogP contribution in [0.25, 0.3) is 6.08 Å². The lowest BCUT2D eigenvalue weighted by molar-refractivity contribution is -0.119. The first-order valence-electron chi connectivity index (χ1n) is 9.04. The molecule has 2 unspecified atom stereocenters. The molecule has 0 bridgehead atoms. The topological polar surface area (TPSA) is 34.1 Å². The molecule has 0 spiro atoms. The van der Waals surface area contributed by atoms with Crippen LogP contribution in [0.4, 0.5) is 0 Å². The molecule has 3 aromatic carbocycles. The van der Waals surface area contributed by atoms with E-state index in [4.69, 9.17) is 0 Å². The summed E-state index contributed by atoms with van der Waals surface area (Å²) in [7, 11) is 0. The Kier molecular flexibility index (Phi) is 6.11. The first-order valence-corrected chi connectivity index (χ1v) is 9.04. The van der Waals surface area contributed by atoms with E-state index in [0.29, 0.717) is 5.56 Å². The molecule has 0 saturated heterocycles. The van der Waals surface area contributed by atoms with Crippen molar-refractivity contribution in [2.75, 3.05) is 0 Å². The Labute approximate surface area is 160 Å². The summed E-state index contributed by atoms with van der Waals surface area (Å²) in [6.45, 7) is 1.50. The van der Waals surface area contributed by atoms with Gasteiger partial charge in [-0.05, 0) is 18.1 Å². The number of hydrogen-bond acceptors (Lipinski definition) is 2. The number of carbonyl (C=O) groups is 2. The summed E-state index contributed by atoms with van der Waals surface area (Å²) in [5, 5.41) is 0. The van der Waals surface area contributed by atoms with E-state index in [2.05, 4.69) is 0 Å². The summed E-state index contributed by atoms with van der Waals surface area (Å²) in [6, 6.07) is 28.7. The van der Waals surface area contributed by atoms with Crippen LogP contribution in [0.3, 0.4) is 0 Å². The van der Waals surface area contributed by atoms with Crippen LogP contribution in [0.2, 0.25) is 0 Å². The molecule has 0 aliphatic rings. The summed E-state index contributed by atoms with van der Waals surface area (Å²) in [4.78, 5) is 25.7. The van der Waals surface area contributed by atoms with Gasteiger partial charge in [0.25, 0.3) is 0 Å². The third kappa shape index (κ3) is 4.68. The molecule has 0 aliphatic carbocycles. The first-order chi connectivity index (χ1) is 13.2. The number of benzene rings is 3. The molecule has 0 heterocycles. The van der Waals surface area contributed by atoms with Gasteiger partial charge in [-0.15, -0.1) is 0 Å². The van der Waals surface area contributed by atoms with Gasteiger partial charge in [0, 0.05) is 11.5 Å². The van der Waals surface area contributed by atoms with Gasteiger partial charge in [0.2, 0.25) is 0 Å². The van der Waals surface area contributed by atoms with E-state index in [1.165, 1.54) is 6.92 Å². The third-order valence-corrected chi connectivity index (χ3v) is 4.62. The molecule has 0 amide bonds. The zero-order valence-electron chi connectivity index (χ0n) is 15.3. The van der Waals surface area contributed by atoms with Crippen molar-refractivity contribution in [2.24, 2.45) is 5.92 Å². The predicted molar refractivity (Wildman–Crippen MR) is 110 cm³/mol. The molecule has 0 N–H and O–H groups in total. The Balaban J connectivity index is 2.02. The molecule has 2 nitrogen and oxygen atoms in total. The zero-order valence-corrected chi connectivity index (χ0v) is 15.3. The lowest BCUT2D eigenvalue weighted by Gasteiger charge is -2.22. The van der Waals surface area contributed by atoms with Crippen LogP contribution in [-0.2, 0) is 4.79 Å². The van der Waals surface area contributed by atoms with Crippen molar-refractivity contribution in [1.29, 1.82) is 0 Å². The smallest absolute Gasteiger partial charge is 0.174 e. The summed E-state index contributed by atoms with van der Waals surface area (Å²) in [5.74, 6) is -1.35. The fraction of sp³-hybridized carbons (Fsp3) is 0.120. The Morgan fingerprint density at radius 1 is 0.741 bits per heavy atom. The second-order valence-corrected chi connectivity index (χ2v) is 6.52. The highest BCUT2D eigenvalue weighted by atomic mass is 16.1. The van der Waals surface area contributed by atoms with Crippen molar-refractivity contribution in [3.05, 3.63) is 114 Å². The second-order valence-electron chi connectivity index (χ2n) is 6.52. The predicted octanol–water partition coefficient (Wildman–Crippen LogP) is 5.57. The van der Waals surface area contributed by atoms with E-state index in [1.807, 2.05) is 91.0 Å². The van der Waals surface area contributed by atoms with Crippen LogP contribution in [0.1, 0.15) is 34.3 Å². The minimum atomic E-state index is -0.755. The van der Waals surface area contributed by atoms with E-state index in [1.54, 1.807) is 12.1 Å². The summed E-state index contributed by atoms with van der Waals surface area (Å²) in [6.07, 6.45) is 3.95.